The second-order valence-electron chi connectivity index (χ2n) is 14.0. The van der Waals surface area contributed by atoms with Crippen molar-refractivity contribution in [2.24, 2.45) is 11.8 Å². The molecule has 4 bridgehead atoms. The summed E-state index contributed by atoms with van der Waals surface area (Å²) in [6, 6.07) is 2.63. The van der Waals surface area contributed by atoms with Crippen molar-refractivity contribution < 1.29 is 48.0 Å². The molecule has 13 nitrogen and oxygen atoms in total. The molecule has 3 aliphatic heterocycles. The Labute approximate surface area is 298 Å². The van der Waals surface area contributed by atoms with Gasteiger partial charge in [-0.3, -0.25) is 14.9 Å². The van der Waals surface area contributed by atoms with Gasteiger partial charge in [0.1, 0.15) is 40.7 Å². The van der Waals surface area contributed by atoms with Crippen molar-refractivity contribution in [2.45, 2.75) is 103 Å². The summed E-state index contributed by atoms with van der Waals surface area (Å²) < 4.78 is 29.1. The van der Waals surface area contributed by atoms with Crippen molar-refractivity contribution in [1.82, 2.24) is 10.2 Å². The summed E-state index contributed by atoms with van der Waals surface area (Å²) in [6.07, 6.45) is 1.00. The Bertz CT molecular complexity index is 1550. The summed E-state index contributed by atoms with van der Waals surface area (Å²) in [5, 5.41) is 14.4. The SMILES string of the molecule is COc1cc2cc(c1Cl)N(C)C(=O)C[C@H](OC(=O)[C@H](C)N(C)C(=O)C(C)C)[C@@]1(C)O[C@H]1[C@@H](C)[C@H]1C[C@@](O)(NC(=O)O1)[C@H](OC)C=CC=C(C)C2. The van der Waals surface area contributed by atoms with Crippen LogP contribution >= 0.6 is 11.6 Å². The Balaban J connectivity index is 1.78. The zero-order chi connectivity index (χ0) is 37.3. The van der Waals surface area contributed by atoms with Crippen molar-refractivity contribution in [3.8, 4) is 5.75 Å². The third kappa shape index (κ3) is 8.11. The van der Waals surface area contributed by atoms with Gasteiger partial charge in [-0.1, -0.05) is 56.2 Å². The number of carbonyl (C=O) groups excluding carboxylic acids is 4. The lowest BCUT2D eigenvalue weighted by molar-refractivity contribution is -0.162. The molecule has 0 aliphatic carbocycles. The van der Waals surface area contributed by atoms with E-state index in [1.807, 2.05) is 13.0 Å². The van der Waals surface area contributed by atoms with Crippen LogP contribution in [0.4, 0.5) is 10.5 Å². The molecule has 2 saturated heterocycles. The van der Waals surface area contributed by atoms with Gasteiger partial charge in [-0.05, 0) is 44.9 Å². The first-order chi connectivity index (χ1) is 23.4. The number of fused-ring (bicyclic) bond motifs is 5. The number of hydrogen-bond donors (Lipinski definition) is 2. The van der Waals surface area contributed by atoms with Crippen LogP contribution in [-0.4, -0.2) is 104 Å². The summed E-state index contributed by atoms with van der Waals surface area (Å²) in [7, 11) is 6.02. The van der Waals surface area contributed by atoms with Crippen LogP contribution < -0.4 is 15.0 Å². The first kappa shape index (κ1) is 39.1. The van der Waals surface area contributed by atoms with Crippen molar-refractivity contribution in [3.63, 3.8) is 0 Å². The Hall–Kier alpha value is -3.65. The zero-order valence-corrected chi connectivity index (χ0v) is 31.2. The average Bonchev–Trinajstić information content (AvgIpc) is 3.76. The summed E-state index contributed by atoms with van der Waals surface area (Å²) >= 11 is 6.74. The smallest absolute Gasteiger partial charge is 0.409 e. The number of ether oxygens (including phenoxy) is 5. The normalized spacial score (nSPS) is 30.8. The molecular weight excluding hydrogens is 670 g/mol. The number of likely N-dealkylation sites (N-methyl/N-ethyl adjacent to an activating group) is 1. The molecule has 3 aliphatic rings. The molecular formula is C36H50ClN3O10. The van der Waals surface area contributed by atoms with Gasteiger partial charge in [0.25, 0.3) is 0 Å². The van der Waals surface area contributed by atoms with Crippen molar-refractivity contribution in [3.05, 3.63) is 46.5 Å². The first-order valence-corrected chi connectivity index (χ1v) is 17.1. The molecule has 1 aromatic carbocycles. The number of amides is 3. The lowest BCUT2D eigenvalue weighted by atomic mass is 9.83. The van der Waals surface area contributed by atoms with E-state index in [1.54, 1.807) is 66.0 Å². The van der Waals surface area contributed by atoms with Crippen LogP contribution in [0.1, 0.15) is 59.9 Å². The maximum atomic E-state index is 14.1. The molecule has 276 valence electrons. The van der Waals surface area contributed by atoms with E-state index in [4.69, 9.17) is 35.3 Å². The van der Waals surface area contributed by atoms with Gasteiger partial charge in [0.15, 0.2) is 5.72 Å². The molecule has 0 radical (unpaired) electrons. The van der Waals surface area contributed by atoms with Gasteiger partial charge in [0, 0.05) is 39.5 Å². The fourth-order valence-electron chi connectivity index (χ4n) is 6.60. The Morgan fingerprint density at radius 1 is 1.20 bits per heavy atom. The maximum Gasteiger partial charge on any atom is 0.409 e. The fourth-order valence-corrected chi connectivity index (χ4v) is 6.91. The highest BCUT2D eigenvalue weighted by Crippen LogP contribution is 2.49. The van der Waals surface area contributed by atoms with Crippen molar-refractivity contribution in [2.75, 3.05) is 33.2 Å². The molecule has 0 aromatic heterocycles. The quantitative estimate of drug-likeness (QED) is 0.323. The Kier molecular flexibility index (Phi) is 12.0. The van der Waals surface area contributed by atoms with Crippen LogP contribution in [-0.2, 0) is 39.8 Å². The number of halogens is 1. The minimum atomic E-state index is -1.82. The number of rotatable bonds is 6. The summed E-state index contributed by atoms with van der Waals surface area (Å²) in [6.45, 7) is 10.5. The molecule has 0 saturated carbocycles. The minimum absolute atomic E-state index is 0.0449. The predicted molar refractivity (Wildman–Crippen MR) is 186 cm³/mol. The minimum Gasteiger partial charge on any atom is -0.495 e. The highest BCUT2D eigenvalue weighted by Gasteiger charge is 2.64. The van der Waals surface area contributed by atoms with E-state index >= 15 is 0 Å². The third-order valence-corrected chi connectivity index (χ3v) is 10.4. The maximum absolute atomic E-state index is 14.1. The number of epoxide rings is 1. The predicted octanol–water partition coefficient (Wildman–Crippen LogP) is 4.17. The number of aliphatic hydroxyl groups is 1. The number of nitrogens with zero attached hydrogens (tertiary/aromatic N) is 2. The molecule has 2 N–H and O–H groups in total. The molecule has 8 atom stereocenters. The number of alkyl carbamates (subject to hydrolysis) is 1. The van der Waals surface area contributed by atoms with Gasteiger partial charge in [-0.15, -0.1) is 0 Å². The van der Waals surface area contributed by atoms with Gasteiger partial charge < -0.3 is 38.6 Å². The zero-order valence-electron chi connectivity index (χ0n) is 30.4. The molecule has 1 aromatic rings. The molecule has 0 unspecified atom stereocenters. The van der Waals surface area contributed by atoms with E-state index in [1.165, 1.54) is 31.1 Å². The molecule has 50 heavy (non-hydrogen) atoms. The topological polar surface area (TPSA) is 156 Å². The van der Waals surface area contributed by atoms with Gasteiger partial charge >= 0.3 is 12.1 Å². The van der Waals surface area contributed by atoms with Crippen LogP contribution in [0.2, 0.25) is 5.02 Å². The summed E-state index contributed by atoms with van der Waals surface area (Å²) in [5.74, 6) is -1.88. The second kappa shape index (κ2) is 15.3. The van der Waals surface area contributed by atoms with Crippen LogP contribution in [0.15, 0.2) is 35.9 Å². The number of esters is 1. The fraction of sp³-hybridized carbons (Fsp3) is 0.611. The van der Waals surface area contributed by atoms with E-state index in [0.717, 1.165) is 11.1 Å². The highest BCUT2D eigenvalue weighted by atomic mass is 35.5. The van der Waals surface area contributed by atoms with Crippen molar-refractivity contribution >= 4 is 41.2 Å². The monoisotopic (exact) mass is 719 g/mol. The number of anilines is 1. The van der Waals surface area contributed by atoms with E-state index in [9.17, 15) is 24.3 Å². The molecule has 2 fully saturated rings. The second-order valence-corrected chi connectivity index (χ2v) is 14.4. The number of benzene rings is 1. The van der Waals surface area contributed by atoms with E-state index in [0.29, 0.717) is 17.9 Å². The Morgan fingerprint density at radius 2 is 1.88 bits per heavy atom. The Morgan fingerprint density at radius 3 is 2.50 bits per heavy atom. The van der Waals surface area contributed by atoms with Gasteiger partial charge in [-0.2, -0.15) is 0 Å². The van der Waals surface area contributed by atoms with Crippen LogP contribution in [0.3, 0.4) is 0 Å². The number of hydrogen-bond acceptors (Lipinski definition) is 10. The number of carbonyl (C=O) groups is 4. The van der Waals surface area contributed by atoms with Crippen LogP contribution in [0.25, 0.3) is 0 Å². The molecule has 14 heteroatoms. The number of allylic oxidation sites excluding steroid dienone is 3. The van der Waals surface area contributed by atoms with Crippen LogP contribution in [0, 0.1) is 11.8 Å². The number of methoxy groups -OCH3 is 2. The van der Waals surface area contributed by atoms with Crippen molar-refractivity contribution in [1.29, 1.82) is 0 Å². The lowest BCUT2D eigenvalue weighted by Crippen LogP contribution is -2.63. The summed E-state index contributed by atoms with van der Waals surface area (Å²) in [5.41, 5.74) is -0.881. The van der Waals surface area contributed by atoms with Gasteiger partial charge in [0.05, 0.1) is 25.3 Å². The first-order valence-electron chi connectivity index (χ1n) is 16.7. The largest absolute Gasteiger partial charge is 0.495 e. The highest BCUT2D eigenvalue weighted by molar-refractivity contribution is 6.35. The number of nitrogens with one attached hydrogen (secondary N) is 1. The lowest BCUT2D eigenvalue weighted by Gasteiger charge is -2.42. The van der Waals surface area contributed by atoms with E-state index in [2.05, 4.69) is 5.32 Å². The van der Waals surface area contributed by atoms with Gasteiger partial charge in [0.2, 0.25) is 11.8 Å². The molecule has 4 rings (SSSR count). The van der Waals surface area contributed by atoms with Crippen LogP contribution in [0.5, 0.6) is 5.75 Å². The standard InChI is InChI=1S/C36H50ClN3O10/c1-19(2)32(42)39(7)22(5)33(43)49-28-17-29(41)40(8)24-15-23(16-25(46-9)30(24)37)14-20(3)12-11-13-27(47-10)36(45)18-26(48-34(44)38-36)21(4)31-35(28,6)50-31/h11-13,15-16,19,21-22,26-28,31,45H,14,17-18H2,1-10H3,(H,38,44)/t21-,22-,26+,27+,28-,31-,35+,36-/m0/s1. The molecule has 3 heterocycles. The van der Waals surface area contributed by atoms with E-state index < -0.39 is 65.7 Å². The molecule has 0 spiro atoms. The van der Waals surface area contributed by atoms with E-state index in [-0.39, 0.29) is 29.7 Å². The third-order valence-electron chi connectivity index (χ3n) is 9.97. The average molecular weight is 720 g/mol. The van der Waals surface area contributed by atoms with Gasteiger partial charge in [-0.25, -0.2) is 9.59 Å². The molecule has 3 amide bonds. The summed E-state index contributed by atoms with van der Waals surface area (Å²) in [4.78, 5) is 55.8.